The topological polar surface area (TPSA) is 92.1 Å². The van der Waals surface area contributed by atoms with Gasteiger partial charge in [-0.3, -0.25) is 14.6 Å². The minimum atomic E-state index is -1.36. The molecule has 9 heteroatoms. The highest BCUT2D eigenvalue weighted by molar-refractivity contribution is 5.94. The summed E-state index contributed by atoms with van der Waals surface area (Å²) in [5.74, 6) is -4.79. The normalized spacial score (nSPS) is 17.3. The predicted octanol–water partition coefficient (Wildman–Crippen LogP) is 1.40. The zero-order valence-electron chi connectivity index (χ0n) is 12.4. The van der Waals surface area contributed by atoms with Crippen molar-refractivity contribution in [3.8, 4) is 0 Å². The molecule has 1 aliphatic heterocycles. The second-order valence-electron chi connectivity index (χ2n) is 5.54. The van der Waals surface area contributed by atoms with Gasteiger partial charge in [0.25, 0.3) is 11.5 Å². The largest absolute Gasteiger partial charge is 0.369 e. The van der Waals surface area contributed by atoms with Crippen LogP contribution in [0.1, 0.15) is 28.4 Å². The number of carbonyl (C=O) groups is 1. The van der Waals surface area contributed by atoms with Gasteiger partial charge in [-0.15, -0.1) is 0 Å². The van der Waals surface area contributed by atoms with Crippen LogP contribution in [0.3, 0.4) is 0 Å². The zero-order valence-corrected chi connectivity index (χ0v) is 12.4. The van der Waals surface area contributed by atoms with Gasteiger partial charge < -0.3 is 10.6 Å². The summed E-state index contributed by atoms with van der Waals surface area (Å²) >= 11 is 0. The van der Waals surface area contributed by atoms with Crippen LogP contribution in [0.2, 0.25) is 0 Å². The average Bonchev–Trinajstić information content (AvgIpc) is 2.99. The Morgan fingerprint density at radius 1 is 1.21 bits per heavy atom. The monoisotopic (exact) mass is 338 g/mol. The number of amides is 1. The molecule has 3 rings (SSSR count). The Hall–Kier alpha value is -2.84. The molecule has 0 spiro atoms. The number of anilines is 1. The summed E-state index contributed by atoms with van der Waals surface area (Å²) < 4.78 is 40.0. The van der Waals surface area contributed by atoms with E-state index in [4.69, 9.17) is 5.73 Å². The van der Waals surface area contributed by atoms with Crippen LogP contribution in [0, 0.1) is 17.5 Å². The minimum absolute atomic E-state index is 0.0334. The molecule has 1 aromatic carbocycles. The molecular weight excluding hydrogens is 325 g/mol. The van der Waals surface area contributed by atoms with Crippen molar-refractivity contribution in [2.45, 2.75) is 12.3 Å². The first-order valence-corrected chi connectivity index (χ1v) is 7.15. The van der Waals surface area contributed by atoms with E-state index < -0.39 is 34.5 Å². The highest BCUT2D eigenvalue weighted by Gasteiger charge is 2.31. The third-order valence-electron chi connectivity index (χ3n) is 3.91. The number of halogens is 3. The lowest BCUT2D eigenvalue weighted by Crippen LogP contribution is -2.29. The highest BCUT2D eigenvalue weighted by atomic mass is 19.2. The van der Waals surface area contributed by atoms with Crippen LogP contribution in [-0.2, 0) is 0 Å². The second-order valence-corrected chi connectivity index (χ2v) is 5.54. The van der Waals surface area contributed by atoms with E-state index in [0.717, 1.165) is 0 Å². The SMILES string of the molecule is Nc1nc(C2CCN(C(=O)c3cc(F)c(F)cc3F)C2)cc(=O)[nH]1. The quantitative estimate of drug-likeness (QED) is 0.810. The molecule has 0 bridgehead atoms. The highest BCUT2D eigenvalue weighted by Crippen LogP contribution is 2.27. The lowest BCUT2D eigenvalue weighted by molar-refractivity contribution is 0.0785. The van der Waals surface area contributed by atoms with Crippen molar-refractivity contribution in [3.63, 3.8) is 0 Å². The number of nitrogens with one attached hydrogen (secondary N) is 1. The summed E-state index contributed by atoms with van der Waals surface area (Å²) in [6, 6.07) is 2.17. The Morgan fingerprint density at radius 3 is 2.62 bits per heavy atom. The summed E-state index contributed by atoms with van der Waals surface area (Å²) in [7, 11) is 0. The molecule has 1 amide bonds. The smallest absolute Gasteiger partial charge is 0.256 e. The van der Waals surface area contributed by atoms with Crippen LogP contribution in [-0.4, -0.2) is 33.9 Å². The summed E-state index contributed by atoms with van der Waals surface area (Å²) in [4.78, 5) is 31.4. The van der Waals surface area contributed by atoms with Crippen molar-refractivity contribution in [1.29, 1.82) is 0 Å². The molecule has 6 nitrogen and oxygen atoms in total. The molecule has 0 radical (unpaired) electrons. The van der Waals surface area contributed by atoms with Crippen LogP contribution < -0.4 is 11.3 Å². The molecule has 0 aliphatic carbocycles. The fraction of sp³-hybridized carbons (Fsp3) is 0.267. The first-order chi connectivity index (χ1) is 11.3. The summed E-state index contributed by atoms with van der Waals surface area (Å²) in [6.07, 6.45) is 0.493. The molecule has 1 aromatic heterocycles. The van der Waals surface area contributed by atoms with Crippen molar-refractivity contribution in [2.75, 3.05) is 18.8 Å². The molecule has 1 atom stereocenters. The zero-order chi connectivity index (χ0) is 17.4. The average molecular weight is 338 g/mol. The van der Waals surface area contributed by atoms with Gasteiger partial charge in [-0.1, -0.05) is 0 Å². The molecule has 0 saturated carbocycles. The van der Waals surface area contributed by atoms with Crippen LogP contribution in [0.25, 0.3) is 0 Å². The molecule has 1 saturated heterocycles. The Kier molecular flexibility index (Phi) is 4.00. The Morgan fingerprint density at radius 2 is 1.92 bits per heavy atom. The number of aromatic amines is 1. The molecule has 24 heavy (non-hydrogen) atoms. The number of nitrogen functional groups attached to an aromatic ring is 1. The van der Waals surface area contributed by atoms with Gasteiger partial charge in [0.1, 0.15) is 5.82 Å². The van der Waals surface area contributed by atoms with Gasteiger partial charge in [-0.2, -0.15) is 0 Å². The number of H-pyrrole nitrogens is 1. The van der Waals surface area contributed by atoms with E-state index >= 15 is 0 Å². The van der Waals surface area contributed by atoms with Gasteiger partial charge in [0.15, 0.2) is 11.6 Å². The molecule has 3 N–H and O–H groups in total. The number of aromatic nitrogens is 2. The molecule has 1 unspecified atom stereocenters. The maximum Gasteiger partial charge on any atom is 0.256 e. The predicted molar refractivity (Wildman–Crippen MR) is 78.8 cm³/mol. The van der Waals surface area contributed by atoms with E-state index in [9.17, 15) is 22.8 Å². The van der Waals surface area contributed by atoms with E-state index in [1.807, 2.05) is 0 Å². The van der Waals surface area contributed by atoms with Crippen LogP contribution in [0.4, 0.5) is 19.1 Å². The van der Waals surface area contributed by atoms with Crippen molar-refractivity contribution in [1.82, 2.24) is 14.9 Å². The molecule has 1 aliphatic rings. The Balaban J connectivity index is 1.81. The van der Waals surface area contributed by atoms with Gasteiger partial charge in [0.05, 0.1) is 11.3 Å². The lowest BCUT2D eigenvalue weighted by Gasteiger charge is -2.17. The van der Waals surface area contributed by atoms with Crippen molar-refractivity contribution >= 4 is 11.9 Å². The number of hydrogen-bond donors (Lipinski definition) is 2. The Labute approximate surface area is 134 Å². The van der Waals surface area contributed by atoms with E-state index in [2.05, 4.69) is 9.97 Å². The number of hydrogen-bond acceptors (Lipinski definition) is 4. The van der Waals surface area contributed by atoms with Gasteiger partial charge in [0, 0.05) is 31.1 Å². The first-order valence-electron chi connectivity index (χ1n) is 7.15. The number of nitrogens with zero attached hydrogens (tertiary/aromatic N) is 2. The number of nitrogens with two attached hydrogens (primary N) is 1. The van der Waals surface area contributed by atoms with Crippen molar-refractivity contribution in [3.05, 3.63) is 57.3 Å². The van der Waals surface area contributed by atoms with E-state index in [1.165, 1.54) is 11.0 Å². The second kappa shape index (κ2) is 5.99. The fourth-order valence-electron chi connectivity index (χ4n) is 2.75. The molecule has 1 fully saturated rings. The van der Waals surface area contributed by atoms with Crippen molar-refractivity contribution < 1.29 is 18.0 Å². The van der Waals surface area contributed by atoms with Gasteiger partial charge in [0.2, 0.25) is 5.95 Å². The maximum atomic E-state index is 13.7. The number of likely N-dealkylation sites (tertiary alicyclic amines) is 1. The van der Waals surface area contributed by atoms with Crippen LogP contribution >= 0.6 is 0 Å². The number of carbonyl (C=O) groups excluding carboxylic acids is 1. The maximum absolute atomic E-state index is 13.7. The molecule has 2 aromatic rings. The van der Waals surface area contributed by atoms with Crippen LogP contribution in [0.15, 0.2) is 23.0 Å². The molecule has 2 heterocycles. The van der Waals surface area contributed by atoms with E-state index in [1.54, 1.807) is 0 Å². The molecule has 126 valence electrons. The Bertz CT molecular complexity index is 868. The molecular formula is C15H13F3N4O2. The third kappa shape index (κ3) is 2.97. The first kappa shape index (κ1) is 16.0. The summed E-state index contributed by atoms with van der Waals surface area (Å²) in [5, 5.41) is 0. The summed E-state index contributed by atoms with van der Waals surface area (Å²) in [6.45, 7) is 0.448. The number of rotatable bonds is 2. The summed E-state index contributed by atoms with van der Waals surface area (Å²) in [5.41, 5.74) is 4.97. The lowest BCUT2D eigenvalue weighted by atomic mass is 10.1. The van der Waals surface area contributed by atoms with Crippen LogP contribution in [0.5, 0.6) is 0 Å². The fourth-order valence-corrected chi connectivity index (χ4v) is 2.75. The third-order valence-corrected chi connectivity index (χ3v) is 3.91. The number of benzene rings is 1. The van der Waals surface area contributed by atoms with E-state index in [0.29, 0.717) is 24.2 Å². The van der Waals surface area contributed by atoms with Gasteiger partial charge >= 0.3 is 0 Å². The van der Waals surface area contributed by atoms with Gasteiger partial charge in [-0.05, 0) is 12.5 Å². The minimum Gasteiger partial charge on any atom is -0.369 e. The standard InChI is InChI=1S/C15H13F3N4O2/c16-9-4-11(18)10(17)3-8(9)14(24)22-2-1-7(6-22)12-5-13(23)21-15(19)20-12/h3-5,7H,1-2,6H2,(H3,19,20,21,23). The van der Waals surface area contributed by atoms with Gasteiger partial charge in [-0.25, -0.2) is 18.2 Å². The van der Waals surface area contributed by atoms with E-state index in [-0.39, 0.29) is 25.0 Å². The van der Waals surface area contributed by atoms with Crippen molar-refractivity contribution in [2.24, 2.45) is 0 Å².